The summed E-state index contributed by atoms with van der Waals surface area (Å²) in [6.45, 7) is 8.49. The number of aliphatic imine (C=N–C) groups is 1. The standard InChI is InChI=1S/C23H34N4O3S/c1-5-24-22(26-16-23(2,28)21-7-6-12-31-21)25-9-11-27-10-8-17-13-19(29-3)20(30-4)14-18(17)15-27/h6-7,12-14,28H,5,8-11,15-16H2,1-4H3,(H2,24,25,26). The van der Waals surface area contributed by atoms with Gasteiger partial charge >= 0.3 is 0 Å². The van der Waals surface area contributed by atoms with Crippen LogP contribution in [0.3, 0.4) is 0 Å². The monoisotopic (exact) mass is 446 g/mol. The fourth-order valence-corrected chi connectivity index (χ4v) is 4.48. The van der Waals surface area contributed by atoms with Crippen molar-refractivity contribution in [3.8, 4) is 11.5 Å². The van der Waals surface area contributed by atoms with Crippen LogP contribution in [0.5, 0.6) is 11.5 Å². The largest absolute Gasteiger partial charge is 0.493 e. The zero-order valence-corrected chi connectivity index (χ0v) is 19.7. The average molecular weight is 447 g/mol. The van der Waals surface area contributed by atoms with Gasteiger partial charge in [-0.25, -0.2) is 4.99 Å². The van der Waals surface area contributed by atoms with Crippen molar-refractivity contribution in [1.29, 1.82) is 0 Å². The van der Waals surface area contributed by atoms with E-state index < -0.39 is 5.60 Å². The van der Waals surface area contributed by atoms with Crippen molar-refractivity contribution in [3.05, 3.63) is 45.6 Å². The van der Waals surface area contributed by atoms with Gasteiger partial charge < -0.3 is 25.2 Å². The first-order chi connectivity index (χ1) is 15.0. The Labute approximate surface area is 189 Å². The smallest absolute Gasteiger partial charge is 0.191 e. The molecule has 3 rings (SSSR count). The van der Waals surface area contributed by atoms with Crippen LogP contribution in [0.2, 0.25) is 0 Å². The molecule has 7 nitrogen and oxygen atoms in total. The van der Waals surface area contributed by atoms with E-state index in [4.69, 9.17) is 9.47 Å². The molecular weight excluding hydrogens is 412 g/mol. The maximum Gasteiger partial charge on any atom is 0.191 e. The van der Waals surface area contributed by atoms with Crippen molar-refractivity contribution < 1.29 is 14.6 Å². The summed E-state index contributed by atoms with van der Waals surface area (Å²) in [6, 6.07) is 8.08. The summed E-state index contributed by atoms with van der Waals surface area (Å²) in [6.07, 6.45) is 0.994. The molecule has 0 bridgehead atoms. The van der Waals surface area contributed by atoms with Crippen molar-refractivity contribution in [1.82, 2.24) is 15.5 Å². The number of guanidine groups is 1. The van der Waals surface area contributed by atoms with Gasteiger partial charge in [-0.3, -0.25) is 4.90 Å². The number of ether oxygens (including phenoxy) is 2. The second kappa shape index (κ2) is 10.8. The van der Waals surface area contributed by atoms with Gasteiger partial charge in [-0.1, -0.05) is 6.07 Å². The summed E-state index contributed by atoms with van der Waals surface area (Å²) < 4.78 is 10.9. The number of thiophene rings is 1. The molecular formula is C23H34N4O3S. The molecule has 1 unspecified atom stereocenters. The van der Waals surface area contributed by atoms with Crippen LogP contribution >= 0.6 is 11.3 Å². The highest BCUT2D eigenvalue weighted by atomic mass is 32.1. The second-order valence-electron chi connectivity index (χ2n) is 7.88. The van der Waals surface area contributed by atoms with Crippen LogP contribution in [0.4, 0.5) is 0 Å². The van der Waals surface area contributed by atoms with E-state index in [0.717, 1.165) is 61.5 Å². The van der Waals surface area contributed by atoms with Crippen LogP contribution in [-0.2, 0) is 18.6 Å². The minimum atomic E-state index is -0.965. The van der Waals surface area contributed by atoms with Crippen molar-refractivity contribution in [2.75, 3.05) is 46.9 Å². The molecule has 1 aromatic carbocycles. The maximum atomic E-state index is 10.7. The molecule has 0 spiro atoms. The molecule has 2 aromatic rings. The highest BCUT2D eigenvalue weighted by molar-refractivity contribution is 7.10. The second-order valence-corrected chi connectivity index (χ2v) is 8.82. The normalized spacial score (nSPS) is 16.4. The van der Waals surface area contributed by atoms with Crippen molar-refractivity contribution in [3.63, 3.8) is 0 Å². The van der Waals surface area contributed by atoms with Gasteiger partial charge in [0.1, 0.15) is 5.60 Å². The molecule has 0 saturated carbocycles. The number of hydrogen-bond acceptors (Lipinski definition) is 6. The van der Waals surface area contributed by atoms with Crippen molar-refractivity contribution in [2.45, 2.75) is 32.4 Å². The molecule has 1 aliphatic heterocycles. The molecule has 8 heteroatoms. The van der Waals surface area contributed by atoms with Crippen LogP contribution in [0.15, 0.2) is 34.6 Å². The minimum absolute atomic E-state index is 0.307. The van der Waals surface area contributed by atoms with E-state index in [1.807, 2.05) is 24.4 Å². The van der Waals surface area contributed by atoms with Crippen molar-refractivity contribution in [2.24, 2.45) is 4.99 Å². The Morgan fingerprint density at radius 2 is 1.97 bits per heavy atom. The molecule has 0 radical (unpaired) electrons. The molecule has 0 aliphatic carbocycles. The van der Waals surface area contributed by atoms with E-state index in [1.165, 1.54) is 11.1 Å². The Morgan fingerprint density at radius 3 is 2.61 bits per heavy atom. The molecule has 2 heterocycles. The quantitative estimate of drug-likeness (QED) is 0.406. The first kappa shape index (κ1) is 23.4. The third-order valence-corrected chi connectivity index (χ3v) is 6.58. The summed E-state index contributed by atoms with van der Waals surface area (Å²) in [5.41, 5.74) is 1.65. The minimum Gasteiger partial charge on any atom is -0.493 e. The highest BCUT2D eigenvalue weighted by Gasteiger charge is 2.24. The summed E-state index contributed by atoms with van der Waals surface area (Å²) in [4.78, 5) is 7.95. The van der Waals surface area contributed by atoms with E-state index in [2.05, 4.69) is 32.7 Å². The number of fused-ring (bicyclic) bond motifs is 1. The summed E-state index contributed by atoms with van der Waals surface area (Å²) in [5.74, 6) is 2.30. The lowest BCUT2D eigenvalue weighted by atomic mass is 9.99. The van der Waals surface area contributed by atoms with Crippen LogP contribution in [0.1, 0.15) is 29.9 Å². The predicted molar refractivity (Wildman–Crippen MR) is 126 cm³/mol. The average Bonchev–Trinajstić information content (AvgIpc) is 3.32. The van der Waals surface area contributed by atoms with Crippen molar-refractivity contribution >= 4 is 17.3 Å². The molecule has 31 heavy (non-hydrogen) atoms. The lowest BCUT2D eigenvalue weighted by molar-refractivity contribution is 0.0711. The Kier molecular flexibility index (Phi) is 8.17. The number of nitrogens with one attached hydrogen (secondary N) is 2. The fraction of sp³-hybridized carbons (Fsp3) is 0.522. The number of nitrogens with zero attached hydrogens (tertiary/aromatic N) is 2. The first-order valence-electron chi connectivity index (χ1n) is 10.7. The SMILES string of the molecule is CCNC(=NCC(C)(O)c1cccs1)NCCN1CCc2cc(OC)c(OC)cc2C1. The van der Waals surface area contributed by atoms with Gasteiger partial charge in [0.2, 0.25) is 0 Å². The highest BCUT2D eigenvalue weighted by Crippen LogP contribution is 2.33. The Balaban J connectivity index is 1.54. The van der Waals surface area contributed by atoms with Gasteiger partial charge in [-0.05, 0) is 55.0 Å². The van der Waals surface area contributed by atoms with E-state index in [1.54, 1.807) is 32.5 Å². The number of methoxy groups -OCH3 is 2. The van der Waals surface area contributed by atoms with E-state index >= 15 is 0 Å². The third-order valence-electron chi connectivity index (χ3n) is 5.46. The molecule has 1 atom stereocenters. The number of rotatable bonds is 9. The molecule has 1 aliphatic rings. The van der Waals surface area contributed by atoms with Gasteiger partial charge in [0.05, 0.1) is 20.8 Å². The van der Waals surface area contributed by atoms with Gasteiger partial charge in [0.25, 0.3) is 0 Å². The Bertz CT molecular complexity index is 868. The summed E-state index contributed by atoms with van der Waals surface area (Å²) in [7, 11) is 3.35. The third kappa shape index (κ3) is 6.12. The van der Waals surface area contributed by atoms with Gasteiger partial charge in [0.15, 0.2) is 17.5 Å². The van der Waals surface area contributed by atoms with Gasteiger partial charge in [0, 0.05) is 37.6 Å². The fourth-order valence-electron chi connectivity index (χ4n) is 3.70. The van der Waals surface area contributed by atoms with Gasteiger partial charge in [-0.2, -0.15) is 0 Å². The molecule has 3 N–H and O–H groups in total. The Morgan fingerprint density at radius 1 is 1.23 bits per heavy atom. The van der Waals surface area contributed by atoms with Crippen LogP contribution in [0, 0.1) is 0 Å². The van der Waals surface area contributed by atoms with Crippen LogP contribution < -0.4 is 20.1 Å². The maximum absolute atomic E-state index is 10.7. The Hall–Kier alpha value is -2.29. The molecule has 0 saturated heterocycles. The number of aliphatic hydroxyl groups is 1. The number of benzene rings is 1. The molecule has 1 aromatic heterocycles. The van der Waals surface area contributed by atoms with E-state index in [9.17, 15) is 5.11 Å². The lowest BCUT2D eigenvalue weighted by Gasteiger charge is -2.29. The zero-order chi connectivity index (χ0) is 22.3. The topological polar surface area (TPSA) is 78.4 Å². The van der Waals surface area contributed by atoms with E-state index in [-0.39, 0.29) is 0 Å². The van der Waals surface area contributed by atoms with Gasteiger partial charge in [-0.15, -0.1) is 11.3 Å². The summed E-state index contributed by atoms with van der Waals surface area (Å²) >= 11 is 1.55. The van der Waals surface area contributed by atoms with Crippen LogP contribution in [-0.4, -0.2) is 62.9 Å². The predicted octanol–water partition coefficient (Wildman–Crippen LogP) is 2.59. The molecule has 0 fully saturated rings. The van der Waals surface area contributed by atoms with E-state index in [0.29, 0.717) is 6.54 Å². The first-order valence-corrected chi connectivity index (χ1v) is 11.6. The molecule has 170 valence electrons. The summed E-state index contributed by atoms with van der Waals surface area (Å²) in [5, 5.41) is 19.3. The van der Waals surface area contributed by atoms with Crippen LogP contribution in [0.25, 0.3) is 0 Å². The number of hydrogen-bond donors (Lipinski definition) is 3. The zero-order valence-electron chi connectivity index (χ0n) is 18.9. The lowest BCUT2D eigenvalue weighted by Crippen LogP contribution is -2.43. The molecule has 0 amide bonds.